The molecule has 3 aromatic rings. The van der Waals surface area contributed by atoms with Crippen molar-refractivity contribution < 1.29 is 9.53 Å². The Morgan fingerprint density at radius 1 is 1.04 bits per heavy atom. The van der Waals surface area contributed by atoms with Crippen molar-refractivity contribution in [3.05, 3.63) is 59.8 Å². The lowest BCUT2D eigenvalue weighted by molar-refractivity contribution is 0.0499. The Balaban J connectivity index is 1.97. The van der Waals surface area contributed by atoms with Gasteiger partial charge < -0.3 is 10.1 Å². The standard InChI is InChI=1S/C21H23N3O2/c1-4-13-26-21(25)19-20(24-18-8-6-5-7-17(18)23-19)22-16-11-9-15(10-12-16)14(2)3/h5-12,14H,4,13H2,1-3H3,(H,22,24). The van der Waals surface area contributed by atoms with Gasteiger partial charge in [-0.25, -0.2) is 14.8 Å². The Labute approximate surface area is 153 Å². The number of hydrogen-bond acceptors (Lipinski definition) is 5. The highest BCUT2D eigenvalue weighted by Gasteiger charge is 2.18. The minimum atomic E-state index is -0.466. The molecule has 0 spiro atoms. The summed E-state index contributed by atoms with van der Waals surface area (Å²) < 4.78 is 5.27. The zero-order valence-electron chi connectivity index (χ0n) is 15.3. The van der Waals surface area contributed by atoms with Crippen LogP contribution in [0.5, 0.6) is 0 Å². The van der Waals surface area contributed by atoms with E-state index < -0.39 is 5.97 Å². The lowest BCUT2D eigenvalue weighted by Crippen LogP contribution is -2.12. The van der Waals surface area contributed by atoms with Crippen LogP contribution in [0.25, 0.3) is 11.0 Å². The molecule has 1 heterocycles. The number of benzene rings is 2. The van der Waals surface area contributed by atoms with Crippen LogP contribution in [0, 0.1) is 0 Å². The van der Waals surface area contributed by atoms with Gasteiger partial charge in [-0.05, 0) is 42.2 Å². The lowest BCUT2D eigenvalue weighted by atomic mass is 10.0. The normalized spacial score (nSPS) is 10.9. The first-order chi connectivity index (χ1) is 12.6. The van der Waals surface area contributed by atoms with Crippen LogP contribution in [0.3, 0.4) is 0 Å². The Kier molecular flexibility index (Phi) is 5.46. The molecule has 0 radical (unpaired) electrons. The highest BCUT2D eigenvalue weighted by atomic mass is 16.5. The molecule has 0 bridgehead atoms. The maximum atomic E-state index is 12.4. The highest BCUT2D eigenvalue weighted by Crippen LogP contribution is 2.23. The van der Waals surface area contributed by atoms with Gasteiger partial charge >= 0.3 is 5.97 Å². The van der Waals surface area contributed by atoms with Crippen LogP contribution in [0.1, 0.15) is 49.2 Å². The molecule has 0 aliphatic heterocycles. The van der Waals surface area contributed by atoms with Crippen molar-refractivity contribution in [3.63, 3.8) is 0 Å². The van der Waals surface area contributed by atoms with Gasteiger partial charge in [-0.1, -0.05) is 45.0 Å². The highest BCUT2D eigenvalue weighted by molar-refractivity contribution is 5.96. The van der Waals surface area contributed by atoms with Gasteiger partial charge in [0.05, 0.1) is 17.6 Å². The van der Waals surface area contributed by atoms with Gasteiger partial charge in [0.2, 0.25) is 0 Å². The number of anilines is 2. The first-order valence-corrected chi connectivity index (χ1v) is 8.89. The number of hydrogen-bond donors (Lipinski definition) is 1. The van der Waals surface area contributed by atoms with E-state index in [-0.39, 0.29) is 5.69 Å². The number of nitrogens with one attached hydrogen (secondary N) is 1. The largest absolute Gasteiger partial charge is 0.461 e. The molecule has 0 unspecified atom stereocenters. The van der Waals surface area contributed by atoms with Gasteiger partial charge in [-0.15, -0.1) is 0 Å². The second kappa shape index (κ2) is 7.95. The molecule has 0 fully saturated rings. The van der Waals surface area contributed by atoms with Crippen molar-refractivity contribution >= 4 is 28.5 Å². The summed E-state index contributed by atoms with van der Waals surface area (Å²) in [5.74, 6) is 0.401. The lowest BCUT2D eigenvalue weighted by Gasteiger charge is -2.12. The van der Waals surface area contributed by atoms with Gasteiger partial charge in [0.25, 0.3) is 0 Å². The van der Waals surface area contributed by atoms with E-state index in [9.17, 15) is 4.79 Å². The molecule has 134 valence electrons. The van der Waals surface area contributed by atoms with E-state index in [0.717, 1.165) is 17.6 Å². The third-order valence-corrected chi connectivity index (χ3v) is 4.04. The average Bonchev–Trinajstić information content (AvgIpc) is 2.66. The number of esters is 1. The van der Waals surface area contributed by atoms with Gasteiger partial charge in [0.15, 0.2) is 11.5 Å². The Morgan fingerprint density at radius 3 is 2.31 bits per heavy atom. The van der Waals surface area contributed by atoms with Crippen LogP contribution in [0.2, 0.25) is 0 Å². The van der Waals surface area contributed by atoms with E-state index in [4.69, 9.17) is 4.74 Å². The summed E-state index contributed by atoms with van der Waals surface area (Å²) >= 11 is 0. The summed E-state index contributed by atoms with van der Waals surface area (Å²) in [5, 5.41) is 3.21. The van der Waals surface area contributed by atoms with Crippen LogP contribution < -0.4 is 5.32 Å². The van der Waals surface area contributed by atoms with E-state index in [1.807, 2.05) is 43.3 Å². The summed E-state index contributed by atoms with van der Waals surface area (Å²) in [7, 11) is 0. The molecule has 0 atom stereocenters. The van der Waals surface area contributed by atoms with E-state index in [0.29, 0.717) is 23.9 Å². The molecule has 5 nitrogen and oxygen atoms in total. The number of ether oxygens (including phenoxy) is 1. The topological polar surface area (TPSA) is 64.1 Å². The smallest absolute Gasteiger partial charge is 0.360 e. The molecule has 5 heteroatoms. The molecular formula is C21H23N3O2. The maximum Gasteiger partial charge on any atom is 0.360 e. The van der Waals surface area contributed by atoms with Crippen LogP contribution in [0.4, 0.5) is 11.5 Å². The quantitative estimate of drug-likeness (QED) is 0.630. The van der Waals surface area contributed by atoms with E-state index >= 15 is 0 Å². The van der Waals surface area contributed by atoms with Crippen molar-refractivity contribution in [1.29, 1.82) is 0 Å². The first-order valence-electron chi connectivity index (χ1n) is 8.89. The van der Waals surface area contributed by atoms with Crippen molar-refractivity contribution in [1.82, 2.24) is 9.97 Å². The van der Waals surface area contributed by atoms with Crippen molar-refractivity contribution in [2.24, 2.45) is 0 Å². The van der Waals surface area contributed by atoms with Gasteiger partial charge in [-0.2, -0.15) is 0 Å². The number of nitrogens with zero attached hydrogens (tertiary/aromatic N) is 2. The number of aromatic nitrogens is 2. The molecule has 1 aromatic heterocycles. The fraction of sp³-hybridized carbons (Fsp3) is 0.286. The van der Waals surface area contributed by atoms with Gasteiger partial charge in [0, 0.05) is 5.69 Å². The molecule has 0 saturated heterocycles. The predicted octanol–water partition coefficient (Wildman–Crippen LogP) is 5.06. The number of fused-ring (bicyclic) bond motifs is 1. The SMILES string of the molecule is CCCOC(=O)c1nc2ccccc2nc1Nc1ccc(C(C)C)cc1. The number of carbonyl (C=O) groups excluding carboxylic acids is 1. The third kappa shape index (κ3) is 3.99. The molecule has 26 heavy (non-hydrogen) atoms. The van der Waals surface area contributed by atoms with Crippen molar-refractivity contribution in [3.8, 4) is 0 Å². The fourth-order valence-corrected chi connectivity index (χ4v) is 2.58. The molecule has 0 amide bonds. The molecule has 0 saturated carbocycles. The second-order valence-electron chi connectivity index (χ2n) is 6.45. The van der Waals surface area contributed by atoms with Crippen LogP contribution in [-0.2, 0) is 4.74 Å². The van der Waals surface area contributed by atoms with Crippen LogP contribution in [-0.4, -0.2) is 22.5 Å². The summed E-state index contributed by atoms with van der Waals surface area (Å²) in [5.41, 5.74) is 3.69. The van der Waals surface area contributed by atoms with E-state index in [1.54, 1.807) is 0 Å². The Morgan fingerprint density at radius 2 is 1.69 bits per heavy atom. The fourth-order valence-electron chi connectivity index (χ4n) is 2.58. The van der Waals surface area contributed by atoms with Crippen molar-refractivity contribution in [2.45, 2.75) is 33.1 Å². The van der Waals surface area contributed by atoms with E-state index in [1.165, 1.54) is 5.56 Å². The second-order valence-corrected chi connectivity index (χ2v) is 6.45. The van der Waals surface area contributed by atoms with Crippen molar-refractivity contribution in [2.75, 3.05) is 11.9 Å². The first kappa shape index (κ1) is 17.9. The number of carbonyl (C=O) groups is 1. The predicted molar refractivity (Wildman–Crippen MR) is 104 cm³/mol. The summed E-state index contributed by atoms with van der Waals surface area (Å²) in [4.78, 5) is 21.5. The monoisotopic (exact) mass is 349 g/mol. The molecule has 2 aromatic carbocycles. The van der Waals surface area contributed by atoms with Gasteiger partial charge in [0.1, 0.15) is 0 Å². The molecular weight excluding hydrogens is 326 g/mol. The summed E-state index contributed by atoms with van der Waals surface area (Å²) in [6.07, 6.45) is 0.756. The van der Waals surface area contributed by atoms with Gasteiger partial charge in [-0.3, -0.25) is 0 Å². The number of para-hydroxylation sites is 2. The minimum absolute atomic E-state index is 0.199. The van der Waals surface area contributed by atoms with E-state index in [2.05, 4.69) is 41.3 Å². The zero-order valence-corrected chi connectivity index (χ0v) is 15.3. The minimum Gasteiger partial charge on any atom is -0.461 e. The van der Waals surface area contributed by atoms with Crippen LogP contribution in [0.15, 0.2) is 48.5 Å². The third-order valence-electron chi connectivity index (χ3n) is 4.04. The average molecular weight is 349 g/mol. The summed E-state index contributed by atoms with van der Waals surface area (Å²) in [6, 6.07) is 15.6. The molecule has 3 rings (SSSR count). The Bertz CT molecular complexity index is 905. The molecule has 1 N–H and O–H groups in total. The summed E-state index contributed by atoms with van der Waals surface area (Å²) in [6.45, 7) is 6.61. The molecule has 0 aliphatic carbocycles. The maximum absolute atomic E-state index is 12.4. The van der Waals surface area contributed by atoms with Crippen LogP contribution >= 0.6 is 0 Å². The zero-order chi connectivity index (χ0) is 18.5. The molecule has 0 aliphatic rings. The number of rotatable bonds is 6. The Hall–Kier alpha value is -2.95.